The number of aromatic carboxylic acids is 1. The summed E-state index contributed by atoms with van der Waals surface area (Å²) in [4.78, 5) is 29.2. The van der Waals surface area contributed by atoms with Gasteiger partial charge in [0, 0.05) is 0 Å². The van der Waals surface area contributed by atoms with Crippen LogP contribution in [0.2, 0.25) is 10.3 Å². The van der Waals surface area contributed by atoms with Crippen LogP contribution in [-0.4, -0.2) is 37.3 Å². The molecule has 3 heterocycles. The van der Waals surface area contributed by atoms with E-state index in [0.717, 1.165) is 0 Å². The van der Waals surface area contributed by atoms with Crippen molar-refractivity contribution in [3.63, 3.8) is 0 Å². The Bertz CT molecular complexity index is 826. The summed E-state index contributed by atoms with van der Waals surface area (Å²) in [5, 5.41) is 19.1. The van der Waals surface area contributed by atoms with Crippen LogP contribution in [0.15, 0.2) is 4.79 Å². The second-order valence-corrected chi connectivity index (χ2v) is 4.92. The number of aromatic hydroxyl groups is 1. The summed E-state index contributed by atoms with van der Waals surface area (Å²) >= 11 is 11.8. The topological polar surface area (TPSA) is 117 Å². The van der Waals surface area contributed by atoms with E-state index in [2.05, 4.69) is 9.97 Å². The van der Waals surface area contributed by atoms with Crippen molar-refractivity contribution in [1.29, 1.82) is 0 Å². The number of hydrogen-bond acceptors (Lipinski definition) is 5. The van der Waals surface area contributed by atoms with E-state index in [1.807, 2.05) is 0 Å². The monoisotopic (exact) mass is 331 g/mol. The lowest BCUT2D eigenvalue weighted by Gasteiger charge is -2.09. The molecular formula is C11H7Cl2N3O5. The number of H-pyrrole nitrogens is 1. The number of nitrogens with zero attached hydrogens (tertiary/aromatic N) is 2. The van der Waals surface area contributed by atoms with Crippen molar-refractivity contribution in [2.75, 3.05) is 6.61 Å². The minimum atomic E-state index is -1.57. The molecule has 1 aliphatic heterocycles. The van der Waals surface area contributed by atoms with E-state index in [-0.39, 0.29) is 40.7 Å². The molecule has 21 heavy (non-hydrogen) atoms. The molecule has 1 aliphatic rings. The lowest BCUT2D eigenvalue weighted by atomic mass is 10.2. The first-order valence-corrected chi connectivity index (χ1v) is 6.44. The Hall–Kier alpha value is -2.19. The van der Waals surface area contributed by atoms with E-state index < -0.39 is 22.8 Å². The number of carbonyl (C=O) groups is 1. The van der Waals surface area contributed by atoms with E-state index in [0.29, 0.717) is 0 Å². The predicted molar refractivity (Wildman–Crippen MR) is 72.4 cm³/mol. The van der Waals surface area contributed by atoms with Gasteiger partial charge in [0.1, 0.15) is 17.5 Å². The molecular weight excluding hydrogens is 325 g/mol. The average molecular weight is 332 g/mol. The van der Waals surface area contributed by atoms with Gasteiger partial charge < -0.3 is 24.5 Å². The predicted octanol–water partition coefficient (Wildman–Crippen LogP) is 1.34. The second kappa shape index (κ2) is 4.68. The maximum absolute atomic E-state index is 11.8. The quantitative estimate of drug-likeness (QED) is 0.725. The number of imidazole rings is 1. The molecule has 0 spiro atoms. The van der Waals surface area contributed by atoms with Gasteiger partial charge in [-0.05, 0) is 0 Å². The Morgan fingerprint density at radius 2 is 2.14 bits per heavy atom. The maximum Gasteiger partial charge on any atom is 0.345 e. The minimum absolute atomic E-state index is 0.0220. The molecule has 8 nitrogen and oxygen atoms in total. The first-order chi connectivity index (χ1) is 9.91. The number of carboxylic acid groups (broad SMARTS) is 1. The molecule has 3 rings (SSSR count). The number of halogens is 2. The van der Waals surface area contributed by atoms with E-state index in [4.69, 9.17) is 33.0 Å². The Morgan fingerprint density at radius 1 is 1.43 bits per heavy atom. The number of aromatic amines is 1. The van der Waals surface area contributed by atoms with Gasteiger partial charge in [-0.15, -0.1) is 0 Å². The highest BCUT2D eigenvalue weighted by Crippen LogP contribution is 2.40. The summed E-state index contributed by atoms with van der Waals surface area (Å²) < 4.78 is 6.81. The molecule has 2 aromatic heterocycles. The first-order valence-electron chi connectivity index (χ1n) is 5.69. The fourth-order valence-corrected chi connectivity index (χ4v) is 2.50. The van der Waals surface area contributed by atoms with Crippen LogP contribution in [0.5, 0.6) is 11.5 Å². The molecule has 0 aromatic carbocycles. The third kappa shape index (κ3) is 1.95. The van der Waals surface area contributed by atoms with Gasteiger partial charge in [-0.2, -0.15) is 0 Å². The van der Waals surface area contributed by atoms with Crippen LogP contribution in [0.3, 0.4) is 0 Å². The Balaban J connectivity index is 2.37. The van der Waals surface area contributed by atoms with Crippen molar-refractivity contribution in [2.24, 2.45) is 0 Å². The van der Waals surface area contributed by atoms with Gasteiger partial charge in [0.15, 0.2) is 28.0 Å². The van der Waals surface area contributed by atoms with Gasteiger partial charge in [0.05, 0.1) is 6.54 Å². The van der Waals surface area contributed by atoms with Crippen molar-refractivity contribution in [3.05, 3.63) is 26.2 Å². The van der Waals surface area contributed by atoms with E-state index >= 15 is 0 Å². The van der Waals surface area contributed by atoms with Crippen LogP contribution < -0.4 is 10.3 Å². The van der Waals surface area contributed by atoms with E-state index in [1.54, 1.807) is 0 Å². The van der Waals surface area contributed by atoms with E-state index in [1.165, 1.54) is 4.57 Å². The molecule has 0 unspecified atom stereocenters. The zero-order chi connectivity index (χ0) is 15.3. The Morgan fingerprint density at radius 3 is 2.81 bits per heavy atom. The van der Waals surface area contributed by atoms with Crippen LogP contribution in [0.4, 0.5) is 0 Å². The second-order valence-electron chi connectivity index (χ2n) is 4.20. The standard InChI is InChI=1S/C11H7Cl2N3O5/c12-7-8(13)16-1-2-21-6-4(9(16)15-7)14-10(18)3(5(6)17)11(19)20/h1-2H2,(H,19,20)(H2,14,17,18). The first kappa shape index (κ1) is 13.8. The largest absolute Gasteiger partial charge is 0.503 e. The zero-order valence-electron chi connectivity index (χ0n) is 10.2. The smallest absolute Gasteiger partial charge is 0.345 e. The van der Waals surface area contributed by atoms with Crippen LogP contribution in [0.25, 0.3) is 11.5 Å². The van der Waals surface area contributed by atoms with Gasteiger partial charge in [-0.25, -0.2) is 9.78 Å². The number of aromatic nitrogens is 3. The van der Waals surface area contributed by atoms with Crippen molar-refractivity contribution in [3.8, 4) is 23.0 Å². The SMILES string of the molecule is O=C(O)c1c(O)c2c([nH]c1=O)-c1nc(Cl)c(Cl)n1CCO2. The van der Waals surface area contributed by atoms with Crippen LogP contribution in [0.1, 0.15) is 10.4 Å². The van der Waals surface area contributed by atoms with E-state index in [9.17, 15) is 14.7 Å². The van der Waals surface area contributed by atoms with Gasteiger partial charge >= 0.3 is 5.97 Å². The summed E-state index contributed by atoms with van der Waals surface area (Å²) in [6.45, 7) is 0.359. The number of ether oxygens (including phenoxy) is 1. The highest BCUT2D eigenvalue weighted by atomic mass is 35.5. The van der Waals surface area contributed by atoms with Crippen molar-refractivity contribution >= 4 is 29.2 Å². The third-order valence-corrected chi connectivity index (χ3v) is 3.75. The maximum atomic E-state index is 11.8. The summed E-state index contributed by atoms with van der Waals surface area (Å²) in [6.07, 6.45) is 0. The zero-order valence-corrected chi connectivity index (χ0v) is 11.7. The highest BCUT2D eigenvalue weighted by Gasteiger charge is 2.29. The molecule has 0 amide bonds. The number of nitrogens with one attached hydrogen (secondary N) is 1. The Labute approximate surface area is 126 Å². The fourth-order valence-electron chi connectivity index (χ4n) is 2.11. The molecule has 0 saturated heterocycles. The normalized spacial score (nSPS) is 13.0. The third-order valence-electron chi connectivity index (χ3n) is 3.01. The number of hydrogen-bond donors (Lipinski definition) is 3. The highest BCUT2D eigenvalue weighted by molar-refractivity contribution is 6.40. The van der Waals surface area contributed by atoms with Gasteiger partial charge in [-0.3, -0.25) is 4.79 Å². The van der Waals surface area contributed by atoms with Crippen molar-refractivity contribution < 1.29 is 19.7 Å². The molecule has 10 heteroatoms. The van der Waals surface area contributed by atoms with Crippen LogP contribution in [0, 0.1) is 0 Å². The molecule has 2 aromatic rings. The summed E-state index contributed by atoms with van der Waals surface area (Å²) in [5.74, 6) is -2.32. The number of rotatable bonds is 1. The summed E-state index contributed by atoms with van der Waals surface area (Å²) in [5.41, 5.74) is -1.76. The Kier molecular flexibility index (Phi) is 3.07. The molecule has 0 radical (unpaired) electrons. The number of pyridine rings is 1. The van der Waals surface area contributed by atoms with Crippen LogP contribution >= 0.6 is 23.2 Å². The molecule has 3 N–H and O–H groups in total. The average Bonchev–Trinajstić information content (AvgIpc) is 2.58. The van der Waals surface area contributed by atoms with Gasteiger partial charge in [0.2, 0.25) is 0 Å². The van der Waals surface area contributed by atoms with Crippen molar-refractivity contribution in [1.82, 2.24) is 14.5 Å². The van der Waals surface area contributed by atoms with Crippen LogP contribution in [-0.2, 0) is 6.54 Å². The molecule has 0 aliphatic carbocycles. The van der Waals surface area contributed by atoms with Gasteiger partial charge in [0.25, 0.3) is 5.56 Å². The number of fused-ring (bicyclic) bond motifs is 3. The van der Waals surface area contributed by atoms with Gasteiger partial charge in [-0.1, -0.05) is 23.2 Å². The fraction of sp³-hybridized carbons (Fsp3) is 0.182. The molecule has 0 fully saturated rings. The van der Waals surface area contributed by atoms with Crippen molar-refractivity contribution in [2.45, 2.75) is 6.54 Å². The molecule has 0 bridgehead atoms. The molecule has 0 atom stereocenters. The lowest BCUT2D eigenvalue weighted by Crippen LogP contribution is -2.19. The minimum Gasteiger partial charge on any atom is -0.503 e. The lowest BCUT2D eigenvalue weighted by molar-refractivity contribution is 0.0690. The summed E-state index contributed by atoms with van der Waals surface area (Å²) in [6, 6.07) is 0. The summed E-state index contributed by atoms with van der Waals surface area (Å²) in [7, 11) is 0. The molecule has 0 saturated carbocycles. The molecule has 110 valence electrons. The number of carboxylic acids is 1.